The number of methoxy groups -OCH3 is 1. The van der Waals surface area contributed by atoms with E-state index in [0.717, 1.165) is 44.9 Å². The highest BCUT2D eigenvalue weighted by Crippen LogP contribution is 2.12. The van der Waals surface area contributed by atoms with Gasteiger partial charge in [0.1, 0.15) is 0 Å². The molecule has 0 aromatic carbocycles. The second-order valence-electron chi connectivity index (χ2n) is 4.57. The van der Waals surface area contributed by atoms with E-state index >= 15 is 0 Å². The standard InChI is InChI=1S/C13H21N3O/c1-16(7-8-17-2)10-12-4-3-11-9-14-6-5-13(11)15-12/h3-4,14H,5-10H2,1-2H3. The van der Waals surface area contributed by atoms with Crippen molar-refractivity contribution in [3.05, 3.63) is 29.1 Å². The number of fused-ring (bicyclic) bond motifs is 1. The molecule has 1 aliphatic heterocycles. The van der Waals surface area contributed by atoms with Crippen LogP contribution in [0.1, 0.15) is 17.0 Å². The van der Waals surface area contributed by atoms with Crippen molar-refractivity contribution in [2.75, 3.05) is 33.9 Å². The fraction of sp³-hybridized carbons (Fsp3) is 0.615. The first-order valence-electron chi connectivity index (χ1n) is 6.15. The Labute approximate surface area is 103 Å². The van der Waals surface area contributed by atoms with Gasteiger partial charge in [-0.25, -0.2) is 0 Å². The van der Waals surface area contributed by atoms with Gasteiger partial charge < -0.3 is 10.1 Å². The van der Waals surface area contributed by atoms with Gasteiger partial charge in [-0.05, 0) is 18.7 Å². The molecule has 2 rings (SSSR count). The van der Waals surface area contributed by atoms with Crippen LogP contribution in [0, 0.1) is 0 Å². The molecule has 1 aliphatic rings. The van der Waals surface area contributed by atoms with Gasteiger partial charge in [0.05, 0.1) is 12.3 Å². The largest absolute Gasteiger partial charge is 0.383 e. The Hall–Kier alpha value is -0.970. The van der Waals surface area contributed by atoms with Crippen LogP contribution >= 0.6 is 0 Å². The monoisotopic (exact) mass is 235 g/mol. The van der Waals surface area contributed by atoms with Gasteiger partial charge in [-0.15, -0.1) is 0 Å². The fourth-order valence-corrected chi connectivity index (χ4v) is 2.07. The molecule has 4 nitrogen and oxygen atoms in total. The van der Waals surface area contributed by atoms with Crippen molar-refractivity contribution in [1.82, 2.24) is 15.2 Å². The average Bonchev–Trinajstić information content (AvgIpc) is 2.36. The quantitative estimate of drug-likeness (QED) is 0.819. The lowest BCUT2D eigenvalue weighted by Gasteiger charge is -2.19. The Balaban J connectivity index is 1.97. The predicted octanol–water partition coefficient (Wildman–Crippen LogP) is 0.806. The summed E-state index contributed by atoms with van der Waals surface area (Å²) in [6, 6.07) is 4.34. The summed E-state index contributed by atoms with van der Waals surface area (Å²) in [4.78, 5) is 6.97. The van der Waals surface area contributed by atoms with Crippen LogP contribution in [0.3, 0.4) is 0 Å². The van der Waals surface area contributed by atoms with Crippen LogP contribution in [0.4, 0.5) is 0 Å². The smallest absolute Gasteiger partial charge is 0.0589 e. The lowest BCUT2D eigenvalue weighted by molar-refractivity contribution is 0.158. The maximum absolute atomic E-state index is 5.07. The van der Waals surface area contributed by atoms with Crippen molar-refractivity contribution >= 4 is 0 Å². The zero-order valence-electron chi connectivity index (χ0n) is 10.7. The molecule has 2 heterocycles. The molecule has 1 N–H and O–H groups in total. The molecule has 0 aliphatic carbocycles. The molecule has 0 atom stereocenters. The molecule has 17 heavy (non-hydrogen) atoms. The van der Waals surface area contributed by atoms with Crippen LogP contribution < -0.4 is 5.32 Å². The van der Waals surface area contributed by atoms with E-state index < -0.39 is 0 Å². The van der Waals surface area contributed by atoms with Crippen molar-refractivity contribution < 1.29 is 4.74 Å². The second-order valence-corrected chi connectivity index (χ2v) is 4.57. The Morgan fingerprint density at radius 3 is 3.18 bits per heavy atom. The molecule has 0 unspecified atom stereocenters. The highest BCUT2D eigenvalue weighted by molar-refractivity contribution is 5.25. The molecule has 0 bridgehead atoms. The van der Waals surface area contributed by atoms with E-state index in [2.05, 4.69) is 29.4 Å². The molecule has 1 aromatic heterocycles. The first-order chi connectivity index (χ1) is 8.29. The summed E-state index contributed by atoms with van der Waals surface area (Å²) in [6.45, 7) is 4.61. The minimum Gasteiger partial charge on any atom is -0.383 e. The van der Waals surface area contributed by atoms with Gasteiger partial charge in [-0.2, -0.15) is 0 Å². The van der Waals surface area contributed by atoms with Crippen molar-refractivity contribution in [2.24, 2.45) is 0 Å². The minimum absolute atomic E-state index is 0.769. The third-order valence-corrected chi connectivity index (χ3v) is 3.09. The summed E-state index contributed by atoms with van der Waals surface area (Å²) >= 11 is 0. The average molecular weight is 235 g/mol. The van der Waals surface area contributed by atoms with E-state index in [1.54, 1.807) is 7.11 Å². The molecule has 0 spiro atoms. The van der Waals surface area contributed by atoms with Crippen LogP contribution in [0.2, 0.25) is 0 Å². The van der Waals surface area contributed by atoms with Crippen LogP contribution in [0.15, 0.2) is 12.1 Å². The molecular weight excluding hydrogens is 214 g/mol. The summed E-state index contributed by atoms with van der Waals surface area (Å²) in [5.41, 5.74) is 3.77. The van der Waals surface area contributed by atoms with Crippen LogP contribution in [-0.4, -0.2) is 43.7 Å². The second kappa shape index (κ2) is 6.10. The number of rotatable bonds is 5. The number of pyridine rings is 1. The van der Waals surface area contributed by atoms with Crippen molar-refractivity contribution in [3.8, 4) is 0 Å². The Kier molecular flexibility index (Phi) is 4.48. The molecule has 0 amide bonds. The third kappa shape index (κ3) is 3.49. The predicted molar refractivity (Wildman–Crippen MR) is 67.9 cm³/mol. The fourth-order valence-electron chi connectivity index (χ4n) is 2.07. The van der Waals surface area contributed by atoms with E-state index in [-0.39, 0.29) is 0 Å². The number of aromatic nitrogens is 1. The van der Waals surface area contributed by atoms with E-state index in [4.69, 9.17) is 9.72 Å². The molecule has 0 saturated heterocycles. The van der Waals surface area contributed by atoms with Crippen molar-refractivity contribution in [2.45, 2.75) is 19.5 Å². The topological polar surface area (TPSA) is 37.4 Å². The molecule has 94 valence electrons. The lowest BCUT2D eigenvalue weighted by Crippen LogP contribution is -2.26. The molecule has 4 heteroatoms. The zero-order chi connectivity index (χ0) is 12.1. The summed E-state index contributed by atoms with van der Waals surface area (Å²) in [5.74, 6) is 0. The van der Waals surface area contributed by atoms with Crippen molar-refractivity contribution in [1.29, 1.82) is 0 Å². The number of ether oxygens (including phenoxy) is 1. The maximum atomic E-state index is 5.07. The van der Waals surface area contributed by atoms with Crippen molar-refractivity contribution in [3.63, 3.8) is 0 Å². The molecule has 0 radical (unpaired) electrons. The summed E-state index contributed by atoms with van der Waals surface area (Å²) in [6.07, 6.45) is 1.05. The van der Waals surface area contributed by atoms with Gasteiger partial charge in [0.15, 0.2) is 0 Å². The van der Waals surface area contributed by atoms with Gasteiger partial charge in [0.2, 0.25) is 0 Å². The molecular formula is C13H21N3O. The van der Waals surface area contributed by atoms with Gasteiger partial charge in [0.25, 0.3) is 0 Å². The van der Waals surface area contributed by atoms with Gasteiger partial charge in [0, 0.05) is 45.4 Å². The van der Waals surface area contributed by atoms with Gasteiger partial charge in [-0.3, -0.25) is 9.88 Å². The summed E-state index contributed by atoms with van der Waals surface area (Å²) in [7, 11) is 3.83. The van der Waals surface area contributed by atoms with Crippen LogP contribution in [0.25, 0.3) is 0 Å². The first kappa shape index (κ1) is 12.5. The number of nitrogens with one attached hydrogen (secondary N) is 1. The van der Waals surface area contributed by atoms with Crippen LogP contribution in [0.5, 0.6) is 0 Å². The zero-order valence-corrected chi connectivity index (χ0v) is 10.7. The summed E-state index contributed by atoms with van der Waals surface area (Å²) in [5, 5.41) is 3.36. The summed E-state index contributed by atoms with van der Waals surface area (Å²) < 4.78 is 5.07. The number of likely N-dealkylation sites (N-methyl/N-ethyl adjacent to an activating group) is 1. The van der Waals surface area contributed by atoms with Gasteiger partial charge in [-0.1, -0.05) is 6.07 Å². The SMILES string of the molecule is COCCN(C)Cc1ccc2c(n1)CCNC2. The highest BCUT2D eigenvalue weighted by Gasteiger charge is 2.11. The minimum atomic E-state index is 0.769. The Morgan fingerprint density at radius 1 is 1.47 bits per heavy atom. The normalized spacial score (nSPS) is 15.0. The molecule has 0 fully saturated rings. The Bertz CT molecular complexity index is 368. The molecule has 0 saturated carbocycles. The van der Waals surface area contributed by atoms with E-state index in [1.807, 2.05) is 0 Å². The number of hydrogen-bond acceptors (Lipinski definition) is 4. The van der Waals surface area contributed by atoms with E-state index in [1.165, 1.54) is 11.3 Å². The number of hydrogen-bond donors (Lipinski definition) is 1. The Morgan fingerprint density at radius 2 is 2.35 bits per heavy atom. The molecule has 1 aromatic rings. The maximum Gasteiger partial charge on any atom is 0.0589 e. The van der Waals surface area contributed by atoms with Gasteiger partial charge >= 0.3 is 0 Å². The third-order valence-electron chi connectivity index (χ3n) is 3.09. The van der Waals surface area contributed by atoms with E-state index in [9.17, 15) is 0 Å². The number of nitrogens with zero attached hydrogens (tertiary/aromatic N) is 2. The van der Waals surface area contributed by atoms with E-state index in [0.29, 0.717) is 0 Å². The highest BCUT2D eigenvalue weighted by atomic mass is 16.5. The van der Waals surface area contributed by atoms with Crippen LogP contribution in [-0.2, 0) is 24.2 Å². The first-order valence-corrected chi connectivity index (χ1v) is 6.15. The lowest BCUT2D eigenvalue weighted by atomic mass is 10.1.